The second-order valence-electron chi connectivity index (χ2n) is 5.32. The molecular formula is C17H14Cl2N4O. The van der Waals surface area contributed by atoms with Crippen LogP contribution in [0.2, 0.25) is 10.0 Å². The van der Waals surface area contributed by atoms with Gasteiger partial charge in [-0.1, -0.05) is 35.3 Å². The minimum absolute atomic E-state index is 0.0987. The average molecular weight is 361 g/mol. The summed E-state index contributed by atoms with van der Waals surface area (Å²) in [5, 5.41) is 11.1. The molecule has 3 aromatic rings. The van der Waals surface area contributed by atoms with E-state index in [1.165, 1.54) is 0 Å². The molecule has 7 heteroatoms. The molecule has 24 heavy (non-hydrogen) atoms. The van der Waals surface area contributed by atoms with Gasteiger partial charge in [0.05, 0.1) is 10.6 Å². The van der Waals surface area contributed by atoms with E-state index in [0.29, 0.717) is 38.8 Å². The lowest BCUT2D eigenvalue weighted by molar-refractivity contribution is 0.477. The Morgan fingerprint density at radius 1 is 0.875 bits per heavy atom. The number of phenols is 1. The number of halogens is 2. The highest BCUT2D eigenvalue weighted by molar-refractivity contribution is 6.36. The Balaban J connectivity index is 2.22. The Hall–Kier alpha value is -2.37. The maximum atomic E-state index is 10.1. The Kier molecular flexibility index (Phi) is 4.55. The van der Waals surface area contributed by atoms with E-state index in [4.69, 9.17) is 23.2 Å². The molecule has 122 valence electrons. The number of benzene rings is 2. The molecule has 5 nitrogen and oxygen atoms in total. The van der Waals surface area contributed by atoms with Crippen molar-refractivity contribution in [2.24, 2.45) is 0 Å². The van der Waals surface area contributed by atoms with Gasteiger partial charge in [-0.25, -0.2) is 4.98 Å². The first-order valence-electron chi connectivity index (χ1n) is 7.13. The molecule has 0 unspecified atom stereocenters. The van der Waals surface area contributed by atoms with Gasteiger partial charge in [0.25, 0.3) is 0 Å². The molecule has 1 heterocycles. The number of phenolic OH excluding ortho intramolecular Hbond substituents is 1. The van der Waals surface area contributed by atoms with Gasteiger partial charge in [0.2, 0.25) is 5.95 Å². The highest BCUT2D eigenvalue weighted by atomic mass is 35.5. The first-order chi connectivity index (χ1) is 11.5. The summed E-state index contributed by atoms with van der Waals surface area (Å²) < 4.78 is 0. The van der Waals surface area contributed by atoms with E-state index < -0.39 is 0 Å². The van der Waals surface area contributed by atoms with Gasteiger partial charge >= 0.3 is 0 Å². The molecule has 0 spiro atoms. The maximum absolute atomic E-state index is 10.1. The molecule has 0 saturated carbocycles. The standard InChI is InChI=1S/C17H14Cl2N4O/c1-23(2)17-21-15(11-8-7-10(18)9-13(11)19)20-16(22-17)12-5-3-4-6-14(12)24/h3-9,24H,1-2H3. The molecule has 0 aliphatic carbocycles. The fourth-order valence-electron chi connectivity index (χ4n) is 2.14. The molecule has 0 aliphatic rings. The number of anilines is 1. The second-order valence-corrected chi connectivity index (χ2v) is 6.16. The maximum Gasteiger partial charge on any atom is 0.228 e. The Morgan fingerprint density at radius 2 is 1.54 bits per heavy atom. The number of hydrogen-bond acceptors (Lipinski definition) is 5. The van der Waals surface area contributed by atoms with Gasteiger partial charge in [-0.2, -0.15) is 9.97 Å². The van der Waals surface area contributed by atoms with Gasteiger partial charge in [-0.3, -0.25) is 0 Å². The van der Waals surface area contributed by atoms with Crippen LogP contribution in [0.3, 0.4) is 0 Å². The fourth-order valence-corrected chi connectivity index (χ4v) is 2.63. The molecule has 1 N–H and O–H groups in total. The van der Waals surface area contributed by atoms with Crippen LogP contribution in [0.25, 0.3) is 22.8 Å². The van der Waals surface area contributed by atoms with Crippen LogP contribution in [0, 0.1) is 0 Å². The van der Waals surface area contributed by atoms with E-state index in [-0.39, 0.29) is 5.75 Å². The molecule has 1 aromatic heterocycles. The SMILES string of the molecule is CN(C)c1nc(-c2ccccc2O)nc(-c2ccc(Cl)cc2Cl)n1. The van der Waals surface area contributed by atoms with Crippen molar-refractivity contribution in [3.8, 4) is 28.5 Å². The highest BCUT2D eigenvalue weighted by Crippen LogP contribution is 2.32. The summed E-state index contributed by atoms with van der Waals surface area (Å²) >= 11 is 12.2. The molecule has 2 aromatic carbocycles. The molecule has 3 rings (SSSR count). The molecule has 0 fully saturated rings. The summed E-state index contributed by atoms with van der Waals surface area (Å²) in [6.45, 7) is 0. The van der Waals surface area contributed by atoms with E-state index in [1.54, 1.807) is 41.3 Å². The molecule has 0 atom stereocenters. The van der Waals surface area contributed by atoms with Crippen LogP contribution in [-0.2, 0) is 0 Å². The molecule has 0 radical (unpaired) electrons. The van der Waals surface area contributed by atoms with Crippen LogP contribution < -0.4 is 4.90 Å². The monoisotopic (exact) mass is 360 g/mol. The molecule has 0 amide bonds. The van der Waals surface area contributed by atoms with Crippen molar-refractivity contribution in [3.63, 3.8) is 0 Å². The van der Waals surface area contributed by atoms with Crippen LogP contribution in [-0.4, -0.2) is 34.2 Å². The van der Waals surface area contributed by atoms with Crippen molar-refractivity contribution in [1.29, 1.82) is 0 Å². The van der Waals surface area contributed by atoms with Gasteiger partial charge < -0.3 is 10.0 Å². The quantitative estimate of drug-likeness (QED) is 0.754. The van der Waals surface area contributed by atoms with Gasteiger partial charge in [-0.15, -0.1) is 0 Å². The van der Waals surface area contributed by atoms with Crippen LogP contribution >= 0.6 is 23.2 Å². The molecule has 0 saturated heterocycles. The van der Waals surface area contributed by atoms with Gasteiger partial charge in [0.15, 0.2) is 11.6 Å². The zero-order valence-electron chi connectivity index (χ0n) is 13.0. The third kappa shape index (κ3) is 3.27. The number of rotatable bonds is 3. The number of hydrogen-bond donors (Lipinski definition) is 1. The summed E-state index contributed by atoms with van der Waals surface area (Å²) in [6.07, 6.45) is 0. The lowest BCUT2D eigenvalue weighted by Gasteiger charge is -2.14. The first kappa shape index (κ1) is 16.5. The largest absolute Gasteiger partial charge is 0.507 e. The van der Waals surface area contributed by atoms with Crippen LogP contribution in [0.4, 0.5) is 5.95 Å². The Labute approximate surface area is 149 Å². The van der Waals surface area contributed by atoms with Crippen LogP contribution in [0.5, 0.6) is 5.75 Å². The van der Waals surface area contributed by atoms with Crippen LogP contribution in [0.15, 0.2) is 42.5 Å². The van der Waals surface area contributed by atoms with Crippen LogP contribution in [0.1, 0.15) is 0 Å². The second kappa shape index (κ2) is 6.63. The number of aromatic nitrogens is 3. The van der Waals surface area contributed by atoms with Crippen molar-refractivity contribution >= 4 is 29.2 Å². The van der Waals surface area contributed by atoms with Gasteiger partial charge in [0, 0.05) is 24.7 Å². The van der Waals surface area contributed by atoms with Gasteiger partial charge in [-0.05, 0) is 30.3 Å². The predicted molar refractivity (Wildman–Crippen MR) is 96.7 cm³/mol. The minimum atomic E-state index is 0.0987. The smallest absolute Gasteiger partial charge is 0.228 e. The number of aromatic hydroxyl groups is 1. The average Bonchev–Trinajstić information content (AvgIpc) is 2.54. The topological polar surface area (TPSA) is 62.1 Å². The summed E-state index contributed by atoms with van der Waals surface area (Å²) in [5.41, 5.74) is 1.16. The molecular weight excluding hydrogens is 347 g/mol. The van der Waals surface area contributed by atoms with Crippen molar-refractivity contribution < 1.29 is 5.11 Å². The zero-order valence-corrected chi connectivity index (χ0v) is 14.5. The summed E-state index contributed by atoms with van der Waals surface area (Å²) in [5.74, 6) is 1.34. The first-order valence-corrected chi connectivity index (χ1v) is 7.88. The normalized spacial score (nSPS) is 10.7. The summed E-state index contributed by atoms with van der Waals surface area (Å²) in [7, 11) is 3.66. The number of para-hydroxylation sites is 1. The fraction of sp³-hybridized carbons (Fsp3) is 0.118. The number of nitrogens with zero attached hydrogens (tertiary/aromatic N) is 4. The third-order valence-electron chi connectivity index (χ3n) is 3.34. The molecule has 0 bridgehead atoms. The lowest BCUT2D eigenvalue weighted by Crippen LogP contribution is -2.14. The van der Waals surface area contributed by atoms with Crippen molar-refractivity contribution in [1.82, 2.24) is 15.0 Å². The van der Waals surface area contributed by atoms with E-state index >= 15 is 0 Å². The van der Waals surface area contributed by atoms with Crippen molar-refractivity contribution in [2.45, 2.75) is 0 Å². The zero-order chi connectivity index (χ0) is 17.3. The predicted octanol–water partition coefficient (Wildman–Crippen LogP) is 4.28. The Bertz CT molecular complexity index is 900. The minimum Gasteiger partial charge on any atom is -0.507 e. The lowest BCUT2D eigenvalue weighted by atomic mass is 10.1. The Morgan fingerprint density at radius 3 is 2.17 bits per heavy atom. The van der Waals surface area contributed by atoms with Gasteiger partial charge in [0.1, 0.15) is 5.75 Å². The summed E-state index contributed by atoms with van der Waals surface area (Å²) in [4.78, 5) is 15.1. The van der Waals surface area contributed by atoms with E-state index in [1.807, 2.05) is 20.2 Å². The highest BCUT2D eigenvalue weighted by Gasteiger charge is 2.15. The van der Waals surface area contributed by atoms with E-state index in [0.717, 1.165) is 0 Å². The summed E-state index contributed by atoms with van der Waals surface area (Å²) in [6, 6.07) is 12.0. The van der Waals surface area contributed by atoms with Crippen molar-refractivity contribution in [2.75, 3.05) is 19.0 Å². The van der Waals surface area contributed by atoms with Crippen molar-refractivity contribution in [3.05, 3.63) is 52.5 Å². The molecule has 0 aliphatic heterocycles. The van der Waals surface area contributed by atoms with E-state index in [2.05, 4.69) is 15.0 Å². The van der Waals surface area contributed by atoms with E-state index in [9.17, 15) is 5.11 Å². The third-order valence-corrected chi connectivity index (χ3v) is 3.89.